The molecular weight excluding hydrogens is 779 g/mol. The van der Waals surface area contributed by atoms with E-state index in [1.54, 1.807) is 9.80 Å². The van der Waals surface area contributed by atoms with Gasteiger partial charge in [-0.3, -0.25) is 19.4 Å². The number of nitrogens with two attached hydrogens (primary N) is 4. The summed E-state index contributed by atoms with van der Waals surface area (Å²) in [4.78, 5) is 90.6. The van der Waals surface area contributed by atoms with Crippen LogP contribution in [0.3, 0.4) is 0 Å². The van der Waals surface area contributed by atoms with Gasteiger partial charge in [0.05, 0.1) is 12.3 Å². The number of carbonyl (C=O) groups excluding carboxylic acids is 6. The highest BCUT2D eigenvalue weighted by Crippen LogP contribution is 2.56. The van der Waals surface area contributed by atoms with Crippen molar-refractivity contribution in [2.45, 2.75) is 114 Å². The third kappa shape index (κ3) is 6.05. The molecule has 6 aliphatic rings. The Morgan fingerprint density at radius 2 is 1.03 bits per heavy atom. The van der Waals surface area contributed by atoms with E-state index in [-0.39, 0.29) is 25.9 Å². The minimum absolute atomic E-state index is 0.159. The van der Waals surface area contributed by atoms with Crippen molar-refractivity contribution in [2.24, 2.45) is 34.8 Å². The van der Waals surface area contributed by atoms with Gasteiger partial charge in [-0.1, -0.05) is 88.4 Å². The van der Waals surface area contributed by atoms with Crippen LogP contribution in [0.1, 0.15) is 86.8 Å². The summed E-state index contributed by atoms with van der Waals surface area (Å²) in [6, 6.07) is 21.0. The largest absolute Gasteiger partial charge is 0.412 e. The predicted molar refractivity (Wildman–Crippen MR) is 226 cm³/mol. The molecule has 3 aromatic carbocycles. The fourth-order valence-electron chi connectivity index (χ4n) is 12.0. The Morgan fingerprint density at radius 3 is 1.34 bits per heavy atom. The normalized spacial score (nSPS) is 25.2. The number of nitrogens with zero attached hydrogens (tertiary/aromatic N) is 3. The van der Waals surface area contributed by atoms with E-state index >= 15 is 9.59 Å². The van der Waals surface area contributed by atoms with Gasteiger partial charge in [-0.2, -0.15) is 0 Å². The number of fused-ring (bicyclic) bond motifs is 6. The van der Waals surface area contributed by atoms with Crippen molar-refractivity contribution < 1.29 is 38.2 Å². The molecule has 4 aliphatic carbocycles. The van der Waals surface area contributed by atoms with Crippen molar-refractivity contribution in [1.82, 2.24) is 9.80 Å². The molecule has 2 fully saturated rings. The van der Waals surface area contributed by atoms with Crippen LogP contribution in [-0.4, -0.2) is 82.2 Å². The number of hydrogen-bond donors (Lipinski definition) is 4. The topological polar surface area (TPSA) is 235 Å². The lowest BCUT2D eigenvalue weighted by molar-refractivity contribution is -0.169. The highest BCUT2D eigenvalue weighted by molar-refractivity contribution is 6.12. The highest BCUT2D eigenvalue weighted by Gasteiger charge is 2.73. The van der Waals surface area contributed by atoms with Gasteiger partial charge in [-0.05, 0) is 104 Å². The number of esters is 2. The average molecular weight is 836 g/mol. The van der Waals surface area contributed by atoms with E-state index in [1.165, 1.54) is 0 Å². The average Bonchev–Trinajstić information content (AvgIpc) is 3.88. The first-order valence-electron chi connectivity index (χ1n) is 21.0. The van der Waals surface area contributed by atoms with Gasteiger partial charge in [0.2, 0.25) is 11.1 Å². The van der Waals surface area contributed by atoms with Crippen LogP contribution >= 0.6 is 0 Å². The third-order valence-corrected chi connectivity index (χ3v) is 14.7. The van der Waals surface area contributed by atoms with Crippen molar-refractivity contribution in [3.05, 3.63) is 100 Å². The molecule has 9 rings (SSSR count). The third-order valence-electron chi connectivity index (χ3n) is 14.7. The first-order valence-corrected chi connectivity index (χ1v) is 21.0. The van der Waals surface area contributed by atoms with E-state index in [2.05, 4.69) is 4.90 Å². The molecule has 0 aromatic heterocycles. The molecule has 6 atom stereocenters. The van der Waals surface area contributed by atoms with Gasteiger partial charge in [-0.15, -0.1) is 0 Å². The molecule has 4 bridgehead atoms. The zero-order valence-corrected chi connectivity index (χ0v) is 35.7. The molecule has 15 nitrogen and oxygen atoms in total. The summed E-state index contributed by atoms with van der Waals surface area (Å²) in [6.45, 7) is 11.9. The Kier molecular flexibility index (Phi) is 11.1. The number of ether oxygens (including phenoxy) is 2. The quantitative estimate of drug-likeness (QED) is 0.142. The lowest BCUT2D eigenvalue weighted by atomic mass is 9.53. The zero-order valence-electron chi connectivity index (χ0n) is 35.7. The molecule has 2 aliphatic heterocycles. The van der Waals surface area contributed by atoms with Gasteiger partial charge in [0, 0.05) is 29.6 Å². The fourth-order valence-corrected chi connectivity index (χ4v) is 12.0. The number of primary amides is 4. The van der Waals surface area contributed by atoms with Crippen LogP contribution in [0, 0.1) is 25.7 Å². The van der Waals surface area contributed by atoms with Crippen LogP contribution in [0.25, 0.3) is 0 Å². The molecule has 0 radical (unpaired) electrons. The number of likely N-dealkylation sites (tertiary alicyclic amines) is 2. The van der Waals surface area contributed by atoms with Crippen molar-refractivity contribution in [3.8, 4) is 0 Å². The van der Waals surface area contributed by atoms with Crippen LogP contribution in [0.2, 0.25) is 0 Å². The molecule has 8 N–H and O–H groups in total. The van der Waals surface area contributed by atoms with E-state index < -0.39 is 82.0 Å². The minimum atomic E-state index is -2.32. The summed E-state index contributed by atoms with van der Waals surface area (Å²) in [5, 5.41) is 0. The second-order valence-electron chi connectivity index (χ2n) is 17.8. The Bertz CT molecular complexity index is 2150. The highest BCUT2D eigenvalue weighted by atomic mass is 16.6. The molecule has 61 heavy (non-hydrogen) atoms. The number of hydrogen-bond acceptors (Lipinski definition) is 11. The van der Waals surface area contributed by atoms with Crippen LogP contribution in [0.5, 0.6) is 0 Å². The molecule has 2 saturated heterocycles. The van der Waals surface area contributed by atoms with E-state index in [9.17, 15) is 19.2 Å². The molecule has 15 heteroatoms. The summed E-state index contributed by atoms with van der Waals surface area (Å²) in [7, 11) is 0. The van der Waals surface area contributed by atoms with Crippen LogP contribution < -0.4 is 27.8 Å². The van der Waals surface area contributed by atoms with Crippen LogP contribution in [0.4, 0.5) is 15.3 Å². The lowest BCUT2D eigenvalue weighted by Crippen LogP contribution is -2.80. The second kappa shape index (κ2) is 15.6. The SMILES string of the molecule is Cc1cccc(N(C2CCCN2[C@@](C(N)=O)(C(=O)OC(N)=O)C2(C(C)C)Cc3ccc2cc3)C2CCCN2[C@@](C(N)=O)(C(=O)OC(N)=O)C2(C(C)C)Cc3ccc2cc3)c1C. The molecule has 0 saturated carbocycles. The number of aryl methyl sites for hydroxylation is 1. The maximum Gasteiger partial charge on any atom is 0.412 e. The zero-order chi connectivity index (χ0) is 44.4. The number of benzene rings is 3. The summed E-state index contributed by atoms with van der Waals surface area (Å²) in [6.07, 6.45) is -2.36. The van der Waals surface area contributed by atoms with Gasteiger partial charge in [0.25, 0.3) is 11.8 Å². The van der Waals surface area contributed by atoms with E-state index in [0.717, 1.165) is 22.3 Å². The minimum Gasteiger partial charge on any atom is -0.375 e. The summed E-state index contributed by atoms with van der Waals surface area (Å²) in [5.74, 6) is -5.28. The maximum absolute atomic E-state index is 15.1. The number of anilines is 1. The number of carbonyl (C=O) groups is 6. The Morgan fingerprint density at radius 1 is 0.639 bits per heavy atom. The summed E-state index contributed by atoms with van der Waals surface area (Å²) >= 11 is 0. The van der Waals surface area contributed by atoms with Gasteiger partial charge < -0.3 is 37.3 Å². The first-order chi connectivity index (χ1) is 28.8. The molecule has 324 valence electrons. The van der Waals surface area contributed by atoms with Gasteiger partial charge in [-0.25, -0.2) is 19.2 Å². The Labute approximate surface area is 356 Å². The molecule has 4 amide bonds. The molecule has 3 aromatic rings. The number of rotatable bonds is 13. The molecule has 2 heterocycles. The van der Waals surface area contributed by atoms with Gasteiger partial charge in [0.1, 0.15) is 0 Å². The monoisotopic (exact) mass is 835 g/mol. The van der Waals surface area contributed by atoms with Gasteiger partial charge in [0.15, 0.2) is 0 Å². The van der Waals surface area contributed by atoms with E-state index in [1.807, 2.05) is 108 Å². The smallest absolute Gasteiger partial charge is 0.375 e. The Balaban J connectivity index is 1.53. The summed E-state index contributed by atoms with van der Waals surface area (Å²) in [5.41, 5.74) is 22.6. The van der Waals surface area contributed by atoms with Crippen molar-refractivity contribution in [3.63, 3.8) is 0 Å². The lowest BCUT2D eigenvalue weighted by Gasteiger charge is -2.60. The van der Waals surface area contributed by atoms with Gasteiger partial charge >= 0.3 is 24.1 Å². The van der Waals surface area contributed by atoms with E-state index in [0.29, 0.717) is 42.5 Å². The maximum atomic E-state index is 15.1. The van der Waals surface area contributed by atoms with Crippen molar-refractivity contribution >= 4 is 41.6 Å². The fraction of sp³-hybridized carbons (Fsp3) is 0.478. The van der Waals surface area contributed by atoms with Crippen molar-refractivity contribution in [1.29, 1.82) is 0 Å². The predicted octanol–water partition coefficient (Wildman–Crippen LogP) is 3.95. The molecule has 4 unspecified atom stereocenters. The number of amides is 4. The van der Waals surface area contributed by atoms with E-state index in [4.69, 9.17) is 32.4 Å². The Hall–Kier alpha value is -5.80. The second-order valence-corrected chi connectivity index (χ2v) is 17.8. The molecular formula is C46H57N7O8. The standard InChI is InChI=1S/C46H57N7O8/c1-26(2)43(24-30-14-18-32(43)19-15-30)45(37(47)54,39(56)60-41(49)58)51-22-8-12-35(51)53(34-11-7-10-28(5)29(34)6)36-13-9-23-52(36)46(38(48)55,40(57)61-42(50)59)44(27(3)4)25-31-16-20-33(44)21-17-31/h7,10-11,14-21,26-27,35-36H,8-9,12-13,22-25H2,1-6H3,(H2,47,54)(H2,48,55)(H2,49,58)(H2,50,59)/t35?,36?,43?,44?,45-,46-/m0/s1. The van der Waals surface area contributed by atoms with Crippen molar-refractivity contribution in [2.75, 3.05) is 18.0 Å². The van der Waals surface area contributed by atoms with Crippen LogP contribution in [0.15, 0.2) is 66.7 Å². The first kappa shape index (κ1) is 43.3. The summed E-state index contributed by atoms with van der Waals surface area (Å²) < 4.78 is 10.6. The molecule has 0 spiro atoms. The van der Waals surface area contributed by atoms with Crippen LogP contribution in [-0.2, 0) is 52.3 Å².